The number of carbonyl (C=O) groups is 5. The van der Waals surface area contributed by atoms with E-state index in [0.29, 0.717) is 12.2 Å². The van der Waals surface area contributed by atoms with E-state index in [-0.39, 0.29) is 75.8 Å². The molecule has 2 atom stereocenters. The van der Waals surface area contributed by atoms with E-state index in [1.807, 2.05) is 25.1 Å². The number of hydrogen-bond acceptors (Lipinski definition) is 9. The van der Waals surface area contributed by atoms with Crippen molar-refractivity contribution < 1.29 is 43.0 Å². The van der Waals surface area contributed by atoms with Gasteiger partial charge in [-0.15, -0.1) is 0 Å². The molecule has 256 valence electrons. The average molecular weight is 665 g/mol. The number of nitrogens with zero attached hydrogens (tertiary/aromatic N) is 5. The zero-order valence-corrected chi connectivity index (χ0v) is 27.0. The van der Waals surface area contributed by atoms with E-state index in [9.17, 15) is 29.1 Å². The van der Waals surface area contributed by atoms with Gasteiger partial charge in [-0.25, -0.2) is 9.48 Å². The molecule has 3 aromatic rings. The molecular weight excluding hydrogens is 624 g/mol. The van der Waals surface area contributed by atoms with Gasteiger partial charge in [0.15, 0.2) is 12.3 Å². The highest BCUT2D eigenvalue weighted by molar-refractivity contribution is 5.96. The Morgan fingerprint density at radius 3 is 2.42 bits per heavy atom. The van der Waals surface area contributed by atoms with E-state index in [1.54, 1.807) is 36.1 Å². The molecule has 4 amide bonds. The first-order chi connectivity index (χ1) is 23.1. The summed E-state index contributed by atoms with van der Waals surface area (Å²) in [7, 11) is 0. The van der Waals surface area contributed by atoms with Gasteiger partial charge in [0.2, 0.25) is 11.8 Å². The van der Waals surface area contributed by atoms with Crippen molar-refractivity contribution in [3.05, 3.63) is 65.7 Å². The minimum Gasteiger partial charge on any atom is -0.481 e. The van der Waals surface area contributed by atoms with Crippen LogP contribution in [0.15, 0.2) is 52.9 Å². The van der Waals surface area contributed by atoms with Crippen LogP contribution in [0.4, 0.5) is 4.79 Å². The number of amides is 4. The molecule has 2 aromatic heterocycles. The number of para-hydroxylation sites is 1. The number of carboxylic acid groups (broad SMARTS) is 1. The minimum atomic E-state index is -1.16. The molecule has 2 N–H and O–H groups in total. The van der Waals surface area contributed by atoms with Gasteiger partial charge < -0.3 is 39.0 Å². The highest BCUT2D eigenvalue weighted by Gasteiger charge is 2.34. The number of piperazine rings is 1. The van der Waals surface area contributed by atoms with Gasteiger partial charge in [-0.2, -0.15) is 5.10 Å². The molecule has 48 heavy (non-hydrogen) atoms. The Bertz CT molecular complexity index is 1610. The number of ether oxygens (including phenoxy) is 2. The van der Waals surface area contributed by atoms with E-state index in [2.05, 4.69) is 10.4 Å². The summed E-state index contributed by atoms with van der Waals surface area (Å²) in [6, 6.07) is 12.7. The normalized spacial score (nSPS) is 16.8. The fourth-order valence-electron chi connectivity index (χ4n) is 5.85. The van der Waals surface area contributed by atoms with Crippen LogP contribution in [0, 0.1) is 6.92 Å². The largest absolute Gasteiger partial charge is 0.481 e. The number of carbonyl (C=O) groups excluding carboxylic acids is 4. The fraction of sp³-hybridized carbons (Fsp3) is 0.455. The Kier molecular flexibility index (Phi) is 11.0. The molecule has 4 heterocycles. The van der Waals surface area contributed by atoms with Crippen LogP contribution >= 0.6 is 0 Å². The molecule has 2 saturated heterocycles. The second kappa shape index (κ2) is 15.5. The van der Waals surface area contributed by atoms with Crippen LogP contribution in [-0.2, 0) is 19.1 Å². The predicted molar refractivity (Wildman–Crippen MR) is 169 cm³/mol. The summed E-state index contributed by atoms with van der Waals surface area (Å²) in [6.07, 6.45) is 0.617. The standard InChI is InChI=1S/C33H40N6O9/c1-3-46-33(45)37-18-16-36(17-19-37)32(44)24(12-14-30(41)42)34-31(43)25-20-29(39(35-25)23-8-5-4-6-9-23)47-21-28(40)38-15-7-10-26(38)27-13-11-22(2)48-27/h4-6,8-9,11,13,20,24,26H,3,7,10,12,14-19,21H2,1-2H3,(H,34,43)(H,41,42). The number of benzene rings is 1. The molecule has 0 radical (unpaired) electrons. The van der Waals surface area contributed by atoms with Crippen molar-refractivity contribution in [1.29, 1.82) is 0 Å². The van der Waals surface area contributed by atoms with E-state index < -0.39 is 29.9 Å². The number of furan rings is 1. The number of hydrogen-bond donors (Lipinski definition) is 2. The van der Waals surface area contributed by atoms with Gasteiger partial charge in [0.25, 0.3) is 11.8 Å². The van der Waals surface area contributed by atoms with Crippen LogP contribution in [0.5, 0.6) is 5.88 Å². The topological polar surface area (TPSA) is 177 Å². The van der Waals surface area contributed by atoms with Crippen LogP contribution in [0.2, 0.25) is 0 Å². The maximum absolute atomic E-state index is 13.5. The molecular formula is C33H40N6O9. The summed E-state index contributed by atoms with van der Waals surface area (Å²) in [5.41, 5.74) is 0.480. The first-order valence-corrected chi connectivity index (χ1v) is 16.0. The second-order valence-corrected chi connectivity index (χ2v) is 11.6. The third-order valence-electron chi connectivity index (χ3n) is 8.28. The molecule has 5 rings (SSSR count). The van der Waals surface area contributed by atoms with E-state index in [4.69, 9.17) is 13.9 Å². The van der Waals surface area contributed by atoms with Crippen molar-refractivity contribution in [1.82, 2.24) is 29.8 Å². The molecule has 2 aliphatic heterocycles. The molecule has 0 aliphatic carbocycles. The number of aryl methyl sites for hydroxylation is 1. The quantitative estimate of drug-likeness (QED) is 0.293. The summed E-state index contributed by atoms with van der Waals surface area (Å²) in [5, 5.41) is 16.4. The third-order valence-corrected chi connectivity index (χ3v) is 8.28. The molecule has 2 aliphatic rings. The molecule has 15 heteroatoms. The maximum atomic E-state index is 13.5. The highest BCUT2D eigenvalue weighted by atomic mass is 16.6. The summed E-state index contributed by atoms with van der Waals surface area (Å²) >= 11 is 0. The van der Waals surface area contributed by atoms with Crippen molar-refractivity contribution in [2.45, 2.75) is 51.6 Å². The SMILES string of the molecule is CCOC(=O)N1CCN(C(=O)C(CCC(=O)O)NC(=O)c2cc(OCC(=O)N3CCCC3c3ccc(C)o3)n(-c3ccccc3)n2)CC1. The number of nitrogens with one attached hydrogen (secondary N) is 1. The van der Waals surface area contributed by atoms with Crippen LogP contribution in [0.25, 0.3) is 5.69 Å². The van der Waals surface area contributed by atoms with Gasteiger partial charge in [0.1, 0.15) is 17.6 Å². The van der Waals surface area contributed by atoms with Crippen molar-refractivity contribution in [2.24, 2.45) is 0 Å². The number of aliphatic carboxylic acids is 1. The predicted octanol–water partition coefficient (Wildman–Crippen LogP) is 2.78. The van der Waals surface area contributed by atoms with Crippen molar-refractivity contribution >= 4 is 29.8 Å². The number of carboxylic acids is 1. The number of rotatable bonds is 12. The summed E-state index contributed by atoms with van der Waals surface area (Å²) in [4.78, 5) is 68.5. The van der Waals surface area contributed by atoms with Crippen molar-refractivity contribution in [2.75, 3.05) is 45.9 Å². The van der Waals surface area contributed by atoms with Crippen LogP contribution in [0.1, 0.15) is 60.7 Å². The lowest BCUT2D eigenvalue weighted by Crippen LogP contribution is -2.56. The first-order valence-electron chi connectivity index (χ1n) is 16.0. The third kappa shape index (κ3) is 8.14. The Balaban J connectivity index is 1.30. The monoisotopic (exact) mass is 664 g/mol. The summed E-state index contributed by atoms with van der Waals surface area (Å²) in [5.74, 6) is -0.938. The fourth-order valence-corrected chi connectivity index (χ4v) is 5.85. The van der Waals surface area contributed by atoms with E-state index in [1.165, 1.54) is 20.5 Å². The van der Waals surface area contributed by atoms with E-state index in [0.717, 1.165) is 24.4 Å². The smallest absolute Gasteiger partial charge is 0.409 e. The minimum absolute atomic E-state index is 0.0910. The van der Waals surface area contributed by atoms with Crippen LogP contribution in [0.3, 0.4) is 0 Å². The number of aromatic nitrogens is 2. The summed E-state index contributed by atoms with van der Waals surface area (Å²) < 4.78 is 18.2. The molecule has 2 fully saturated rings. The van der Waals surface area contributed by atoms with E-state index >= 15 is 0 Å². The van der Waals surface area contributed by atoms with Crippen LogP contribution < -0.4 is 10.1 Å². The summed E-state index contributed by atoms with van der Waals surface area (Å²) in [6.45, 7) is 4.91. The molecule has 0 spiro atoms. The Morgan fingerprint density at radius 1 is 1.02 bits per heavy atom. The first kappa shape index (κ1) is 34.0. The van der Waals surface area contributed by atoms with Crippen molar-refractivity contribution in [3.8, 4) is 11.6 Å². The average Bonchev–Trinajstić information content (AvgIpc) is 3.85. The Labute approximate surface area is 277 Å². The second-order valence-electron chi connectivity index (χ2n) is 11.6. The van der Waals surface area contributed by atoms with Gasteiger partial charge in [0.05, 0.1) is 18.3 Å². The molecule has 1 aromatic carbocycles. The zero-order chi connectivity index (χ0) is 34.2. The van der Waals surface area contributed by atoms with Gasteiger partial charge >= 0.3 is 12.1 Å². The highest BCUT2D eigenvalue weighted by Crippen LogP contribution is 2.33. The Hall–Kier alpha value is -5.34. The van der Waals surface area contributed by atoms with Crippen molar-refractivity contribution in [3.63, 3.8) is 0 Å². The number of likely N-dealkylation sites (tertiary alicyclic amines) is 1. The lowest BCUT2D eigenvalue weighted by molar-refractivity contribution is -0.138. The molecule has 2 unspecified atom stereocenters. The maximum Gasteiger partial charge on any atom is 0.409 e. The lowest BCUT2D eigenvalue weighted by atomic mass is 10.1. The van der Waals surface area contributed by atoms with Crippen LogP contribution in [-0.4, -0.2) is 111 Å². The van der Waals surface area contributed by atoms with Gasteiger partial charge in [0, 0.05) is 45.2 Å². The van der Waals surface area contributed by atoms with Gasteiger partial charge in [-0.3, -0.25) is 19.2 Å². The zero-order valence-electron chi connectivity index (χ0n) is 27.0. The Morgan fingerprint density at radius 2 is 1.75 bits per heavy atom. The van der Waals surface area contributed by atoms with Gasteiger partial charge in [-0.05, 0) is 57.4 Å². The van der Waals surface area contributed by atoms with Gasteiger partial charge in [-0.1, -0.05) is 18.2 Å². The molecule has 0 saturated carbocycles. The molecule has 0 bridgehead atoms. The molecule has 15 nitrogen and oxygen atoms in total. The lowest BCUT2D eigenvalue weighted by Gasteiger charge is -2.35.